The van der Waals surface area contributed by atoms with Gasteiger partial charge in [0.15, 0.2) is 0 Å². The number of rotatable bonds is 5. The molecule has 3 atom stereocenters. The molecule has 0 aromatic carbocycles. The Kier molecular flexibility index (Phi) is 5.49. The predicted octanol–water partition coefficient (Wildman–Crippen LogP) is 2.58. The highest BCUT2D eigenvalue weighted by atomic mass is 16.5. The molecule has 2 heteroatoms. The van der Waals surface area contributed by atoms with Crippen LogP contribution in [0.4, 0.5) is 0 Å². The summed E-state index contributed by atoms with van der Waals surface area (Å²) in [4.78, 5) is 0. The van der Waals surface area contributed by atoms with Crippen LogP contribution in [0.15, 0.2) is 0 Å². The van der Waals surface area contributed by atoms with Gasteiger partial charge in [0.05, 0.1) is 6.10 Å². The number of methoxy groups -OCH3 is 1. The summed E-state index contributed by atoms with van der Waals surface area (Å²) >= 11 is 0. The van der Waals surface area contributed by atoms with Crippen LogP contribution in [0.2, 0.25) is 0 Å². The smallest absolute Gasteiger partial charge is 0.0614 e. The van der Waals surface area contributed by atoms with E-state index in [4.69, 9.17) is 4.74 Å². The molecule has 0 saturated heterocycles. The summed E-state index contributed by atoms with van der Waals surface area (Å²) in [7, 11) is 1.86. The minimum absolute atomic E-state index is 0.493. The standard InChI is InChI=1S/C12H25NO/c1-4-11(13-5-2)10-8-6-7-9-12(10)14-3/h10-13H,4-9H2,1-3H3. The van der Waals surface area contributed by atoms with Gasteiger partial charge in [-0.15, -0.1) is 0 Å². The fourth-order valence-corrected chi connectivity index (χ4v) is 2.74. The summed E-state index contributed by atoms with van der Waals surface area (Å²) in [5, 5.41) is 3.59. The van der Waals surface area contributed by atoms with Crippen LogP contribution in [0.5, 0.6) is 0 Å². The molecule has 0 aromatic rings. The van der Waals surface area contributed by atoms with Crippen molar-refractivity contribution >= 4 is 0 Å². The van der Waals surface area contributed by atoms with Crippen molar-refractivity contribution < 1.29 is 4.74 Å². The monoisotopic (exact) mass is 199 g/mol. The van der Waals surface area contributed by atoms with E-state index >= 15 is 0 Å². The number of nitrogens with one attached hydrogen (secondary N) is 1. The highest BCUT2D eigenvalue weighted by Crippen LogP contribution is 2.30. The third kappa shape index (κ3) is 2.96. The third-order valence-electron chi connectivity index (χ3n) is 3.48. The van der Waals surface area contributed by atoms with Crippen LogP contribution in [0.1, 0.15) is 46.0 Å². The Morgan fingerprint density at radius 1 is 1.29 bits per heavy atom. The zero-order valence-electron chi connectivity index (χ0n) is 9.88. The van der Waals surface area contributed by atoms with Crippen molar-refractivity contribution in [1.82, 2.24) is 5.32 Å². The van der Waals surface area contributed by atoms with Gasteiger partial charge in [-0.1, -0.05) is 26.7 Å². The molecule has 1 N–H and O–H groups in total. The number of ether oxygens (including phenoxy) is 1. The Hall–Kier alpha value is -0.0800. The lowest BCUT2D eigenvalue weighted by molar-refractivity contribution is 0.00751. The molecule has 0 aromatic heterocycles. The Morgan fingerprint density at radius 2 is 2.00 bits per heavy atom. The Labute approximate surface area is 88.4 Å². The number of hydrogen-bond acceptors (Lipinski definition) is 2. The molecule has 0 aliphatic heterocycles. The molecule has 84 valence electrons. The lowest BCUT2D eigenvalue weighted by Crippen LogP contribution is -2.43. The van der Waals surface area contributed by atoms with Gasteiger partial charge in [0, 0.05) is 19.1 Å². The van der Waals surface area contributed by atoms with E-state index in [1.807, 2.05) is 7.11 Å². The van der Waals surface area contributed by atoms with Gasteiger partial charge in [-0.3, -0.25) is 0 Å². The highest BCUT2D eigenvalue weighted by molar-refractivity contribution is 4.84. The number of hydrogen-bond donors (Lipinski definition) is 1. The second-order valence-electron chi connectivity index (χ2n) is 4.29. The molecular weight excluding hydrogens is 174 g/mol. The fourth-order valence-electron chi connectivity index (χ4n) is 2.74. The van der Waals surface area contributed by atoms with E-state index in [0.29, 0.717) is 12.1 Å². The molecule has 14 heavy (non-hydrogen) atoms. The van der Waals surface area contributed by atoms with Crippen molar-refractivity contribution in [2.75, 3.05) is 13.7 Å². The second-order valence-corrected chi connectivity index (χ2v) is 4.29. The Balaban J connectivity index is 2.51. The lowest BCUT2D eigenvalue weighted by atomic mass is 9.80. The van der Waals surface area contributed by atoms with Crippen molar-refractivity contribution in [2.24, 2.45) is 5.92 Å². The summed E-state index contributed by atoms with van der Waals surface area (Å²) in [6.07, 6.45) is 7.03. The average Bonchev–Trinajstić information content (AvgIpc) is 2.26. The van der Waals surface area contributed by atoms with E-state index in [0.717, 1.165) is 12.5 Å². The van der Waals surface area contributed by atoms with Gasteiger partial charge in [-0.05, 0) is 25.8 Å². The molecule has 3 unspecified atom stereocenters. The summed E-state index contributed by atoms with van der Waals surface area (Å²) < 4.78 is 5.59. The SMILES string of the molecule is CCNC(CC)C1CCCCC1OC. The van der Waals surface area contributed by atoms with E-state index in [2.05, 4.69) is 19.2 Å². The van der Waals surface area contributed by atoms with E-state index in [-0.39, 0.29) is 0 Å². The first-order valence-corrected chi connectivity index (χ1v) is 6.09. The molecule has 0 spiro atoms. The van der Waals surface area contributed by atoms with Crippen molar-refractivity contribution in [2.45, 2.75) is 58.1 Å². The largest absolute Gasteiger partial charge is 0.381 e. The molecule has 0 bridgehead atoms. The topological polar surface area (TPSA) is 21.3 Å². The van der Waals surface area contributed by atoms with Crippen LogP contribution in [0.25, 0.3) is 0 Å². The van der Waals surface area contributed by atoms with Crippen LogP contribution in [-0.2, 0) is 4.74 Å². The average molecular weight is 199 g/mol. The maximum atomic E-state index is 5.59. The summed E-state index contributed by atoms with van der Waals surface area (Å²) in [6.45, 7) is 5.54. The molecule has 0 heterocycles. The predicted molar refractivity (Wildman–Crippen MR) is 60.5 cm³/mol. The summed E-state index contributed by atoms with van der Waals surface area (Å²) in [5.74, 6) is 0.735. The molecule has 1 aliphatic carbocycles. The van der Waals surface area contributed by atoms with Crippen LogP contribution >= 0.6 is 0 Å². The van der Waals surface area contributed by atoms with Gasteiger partial charge in [-0.2, -0.15) is 0 Å². The van der Waals surface area contributed by atoms with Gasteiger partial charge in [0.25, 0.3) is 0 Å². The maximum Gasteiger partial charge on any atom is 0.0614 e. The van der Waals surface area contributed by atoms with Gasteiger partial charge >= 0.3 is 0 Å². The molecule has 1 saturated carbocycles. The van der Waals surface area contributed by atoms with E-state index in [1.54, 1.807) is 0 Å². The Bertz CT molecular complexity index is 149. The zero-order chi connectivity index (χ0) is 10.4. The van der Waals surface area contributed by atoms with Crippen molar-refractivity contribution in [3.8, 4) is 0 Å². The first-order chi connectivity index (χ1) is 6.83. The van der Waals surface area contributed by atoms with Gasteiger partial charge < -0.3 is 10.1 Å². The third-order valence-corrected chi connectivity index (χ3v) is 3.48. The van der Waals surface area contributed by atoms with Gasteiger partial charge in [0.2, 0.25) is 0 Å². The molecule has 1 rings (SSSR count). The second kappa shape index (κ2) is 6.41. The zero-order valence-corrected chi connectivity index (χ0v) is 9.88. The van der Waals surface area contributed by atoms with Crippen molar-refractivity contribution in [3.05, 3.63) is 0 Å². The molecule has 2 nitrogen and oxygen atoms in total. The molecule has 0 radical (unpaired) electrons. The first kappa shape index (κ1) is 12.0. The quantitative estimate of drug-likeness (QED) is 0.735. The molecule has 0 amide bonds. The minimum Gasteiger partial charge on any atom is -0.381 e. The fraction of sp³-hybridized carbons (Fsp3) is 1.00. The first-order valence-electron chi connectivity index (χ1n) is 6.09. The normalized spacial score (nSPS) is 30.2. The Morgan fingerprint density at radius 3 is 2.57 bits per heavy atom. The van der Waals surface area contributed by atoms with Gasteiger partial charge in [0.1, 0.15) is 0 Å². The van der Waals surface area contributed by atoms with Crippen LogP contribution in [0.3, 0.4) is 0 Å². The summed E-state index contributed by atoms with van der Waals surface area (Å²) in [6, 6.07) is 0.658. The maximum absolute atomic E-state index is 5.59. The van der Waals surface area contributed by atoms with E-state index in [9.17, 15) is 0 Å². The highest BCUT2D eigenvalue weighted by Gasteiger charge is 2.30. The van der Waals surface area contributed by atoms with Crippen LogP contribution in [0, 0.1) is 5.92 Å². The van der Waals surface area contributed by atoms with Crippen molar-refractivity contribution in [3.63, 3.8) is 0 Å². The van der Waals surface area contributed by atoms with E-state index < -0.39 is 0 Å². The van der Waals surface area contributed by atoms with Crippen molar-refractivity contribution in [1.29, 1.82) is 0 Å². The molecule has 1 aliphatic rings. The van der Waals surface area contributed by atoms with Crippen LogP contribution < -0.4 is 5.32 Å². The minimum atomic E-state index is 0.493. The lowest BCUT2D eigenvalue weighted by Gasteiger charge is -2.36. The van der Waals surface area contributed by atoms with E-state index in [1.165, 1.54) is 32.1 Å². The summed E-state index contributed by atoms with van der Waals surface area (Å²) in [5.41, 5.74) is 0. The van der Waals surface area contributed by atoms with Gasteiger partial charge in [-0.25, -0.2) is 0 Å². The molecular formula is C12H25NO. The van der Waals surface area contributed by atoms with Crippen LogP contribution in [-0.4, -0.2) is 25.8 Å². The molecule has 1 fully saturated rings.